The topological polar surface area (TPSA) is 82.9 Å². The Kier molecular flexibility index (Phi) is 3.81. The fourth-order valence-corrected chi connectivity index (χ4v) is 5.23. The number of aromatic nitrogens is 5. The summed E-state index contributed by atoms with van der Waals surface area (Å²) in [6.07, 6.45) is 10.2. The van der Waals surface area contributed by atoms with Gasteiger partial charge in [0.1, 0.15) is 23.4 Å². The average Bonchev–Trinajstić information content (AvgIpc) is 3.51. The molecule has 0 bridgehead atoms. The van der Waals surface area contributed by atoms with Crippen molar-refractivity contribution in [1.29, 1.82) is 0 Å². The quantitative estimate of drug-likeness (QED) is 0.558. The number of anilines is 1. The van der Waals surface area contributed by atoms with Crippen molar-refractivity contribution in [2.24, 2.45) is 7.05 Å². The second kappa shape index (κ2) is 6.55. The Morgan fingerprint density at radius 3 is 3.00 bits per heavy atom. The van der Waals surface area contributed by atoms with Gasteiger partial charge in [0.25, 0.3) is 5.91 Å². The smallest absolute Gasteiger partial charge is 0.255 e. The largest absolute Gasteiger partial charge is 0.351 e. The van der Waals surface area contributed by atoms with Gasteiger partial charge in [0.05, 0.1) is 23.0 Å². The summed E-state index contributed by atoms with van der Waals surface area (Å²) in [6, 6.07) is 6.48. The highest BCUT2D eigenvalue weighted by Crippen LogP contribution is 2.36. The molecule has 6 heterocycles. The first-order valence-electron chi connectivity index (χ1n) is 10.5. The summed E-state index contributed by atoms with van der Waals surface area (Å²) >= 11 is 0. The molecule has 6 rings (SSSR count). The SMILES string of the molecule is Cn1ccc2cc(C(=O)N3CCC[C@@H]4[C@H]3CCN4c3ncnc4[nH]ccc34)cnc21. The minimum absolute atomic E-state index is 0.0827. The molecule has 2 aliphatic rings. The van der Waals surface area contributed by atoms with Crippen molar-refractivity contribution >= 4 is 33.8 Å². The molecule has 0 aromatic carbocycles. The molecule has 0 radical (unpaired) electrons. The Balaban J connectivity index is 1.31. The third-order valence-corrected chi connectivity index (χ3v) is 6.63. The molecule has 4 aromatic rings. The van der Waals surface area contributed by atoms with E-state index < -0.39 is 0 Å². The van der Waals surface area contributed by atoms with E-state index >= 15 is 0 Å². The van der Waals surface area contributed by atoms with Crippen LogP contribution in [-0.4, -0.2) is 60.5 Å². The number of carbonyl (C=O) groups is 1. The third-order valence-electron chi connectivity index (χ3n) is 6.63. The number of nitrogens with one attached hydrogen (secondary N) is 1. The van der Waals surface area contributed by atoms with Crippen LogP contribution in [0.4, 0.5) is 5.82 Å². The van der Waals surface area contributed by atoms with E-state index in [1.807, 2.05) is 42.2 Å². The number of nitrogens with zero attached hydrogens (tertiary/aromatic N) is 6. The van der Waals surface area contributed by atoms with Gasteiger partial charge in [0.2, 0.25) is 0 Å². The predicted octanol–water partition coefficient (Wildman–Crippen LogP) is 2.73. The number of aromatic amines is 1. The fraction of sp³-hybridized carbons (Fsp3) is 0.364. The van der Waals surface area contributed by atoms with Crippen LogP contribution in [0.1, 0.15) is 29.6 Å². The number of aryl methyl sites for hydroxylation is 1. The first-order valence-corrected chi connectivity index (χ1v) is 10.5. The standard InChI is InChI=1S/C22H23N7O/c1-27-9-5-14-11-15(12-24-20(14)27)22(30)29-8-2-3-17-18(29)6-10-28(17)21-16-4-7-23-19(16)25-13-26-21/h4-5,7,9,11-13,17-18H,2-3,6,8,10H2,1H3,(H,23,25,26)/t17-,18-/m1/s1. The number of amides is 1. The molecule has 8 nitrogen and oxygen atoms in total. The van der Waals surface area contributed by atoms with Crippen LogP contribution in [0.25, 0.3) is 22.1 Å². The van der Waals surface area contributed by atoms with E-state index in [0.29, 0.717) is 5.56 Å². The average molecular weight is 401 g/mol. The van der Waals surface area contributed by atoms with Gasteiger partial charge in [-0.3, -0.25) is 4.79 Å². The zero-order valence-electron chi connectivity index (χ0n) is 16.8. The van der Waals surface area contributed by atoms with Crippen molar-refractivity contribution in [1.82, 2.24) is 29.4 Å². The molecule has 2 fully saturated rings. The number of hydrogen-bond acceptors (Lipinski definition) is 5. The number of hydrogen-bond donors (Lipinski definition) is 1. The summed E-state index contributed by atoms with van der Waals surface area (Å²) in [4.78, 5) is 34.5. The lowest BCUT2D eigenvalue weighted by molar-refractivity contribution is 0.0608. The molecular weight excluding hydrogens is 378 g/mol. The molecule has 4 aromatic heterocycles. The minimum atomic E-state index is 0.0827. The number of fused-ring (bicyclic) bond motifs is 3. The molecule has 2 atom stereocenters. The van der Waals surface area contributed by atoms with Crippen LogP contribution in [0.5, 0.6) is 0 Å². The molecule has 0 spiro atoms. The van der Waals surface area contributed by atoms with Gasteiger partial charge in [-0.25, -0.2) is 15.0 Å². The van der Waals surface area contributed by atoms with Crippen molar-refractivity contribution in [3.63, 3.8) is 0 Å². The zero-order chi connectivity index (χ0) is 20.2. The van der Waals surface area contributed by atoms with Gasteiger partial charge < -0.3 is 19.4 Å². The van der Waals surface area contributed by atoms with Gasteiger partial charge in [0, 0.05) is 44.1 Å². The van der Waals surface area contributed by atoms with Gasteiger partial charge in [-0.05, 0) is 37.5 Å². The number of H-pyrrole nitrogens is 1. The molecule has 0 saturated carbocycles. The van der Waals surface area contributed by atoms with Crippen molar-refractivity contribution in [3.8, 4) is 0 Å². The number of likely N-dealkylation sites (tertiary alicyclic amines) is 1. The van der Waals surface area contributed by atoms with Crippen LogP contribution in [-0.2, 0) is 7.05 Å². The van der Waals surface area contributed by atoms with Gasteiger partial charge >= 0.3 is 0 Å². The Morgan fingerprint density at radius 1 is 1.13 bits per heavy atom. The molecule has 1 N–H and O–H groups in total. The van der Waals surface area contributed by atoms with E-state index in [1.54, 1.807) is 12.5 Å². The third kappa shape index (κ3) is 2.52. The van der Waals surface area contributed by atoms with Crippen LogP contribution < -0.4 is 4.90 Å². The van der Waals surface area contributed by atoms with E-state index in [9.17, 15) is 4.79 Å². The lowest BCUT2D eigenvalue weighted by atomic mass is 9.96. The summed E-state index contributed by atoms with van der Waals surface area (Å²) in [7, 11) is 1.97. The molecule has 2 saturated heterocycles. The summed E-state index contributed by atoms with van der Waals surface area (Å²) < 4.78 is 1.97. The van der Waals surface area contributed by atoms with Crippen LogP contribution in [0, 0.1) is 0 Å². The zero-order valence-corrected chi connectivity index (χ0v) is 16.8. The number of carbonyl (C=O) groups excluding carboxylic acids is 1. The van der Waals surface area contributed by atoms with Crippen molar-refractivity contribution in [2.45, 2.75) is 31.3 Å². The predicted molar refractivity (Wildman–Crippen MR) is 114 cm³/mol. The lowest BCUT2D eigenvalue weighted by Crippen LogP contribution is -2.52. The van der Waals surface area contributed by atoms with E-state index in [0.717, 1.165) is 60.2 Å². The fourth-order valence-electron chi connectivity index (χ4n) is 5.23. The molecule has 8 heteroatoms. The Morgan fingerprint density at radius 2 is 2.07 bits per heavy atom. The molecule has 2 aliphatic heterocycles. The Hall–Kier alpha value is -3.42. The minimum Gasteiger partial charge on any atom is -0.351 e. The van der Waals surface area contributed by atoms with Gasteiger partial charge in [-0.2, -0.15) is 0 Å². The first kappa shape index (κ1) is 17.4. The van der Waals surface area contributed by atoms with Crippen LogP contribution >= 0.6 is 0 Å². The van der Waals surface area contributed by atoms with Gasteiger partial charge in [-0.15, -0.1) is 0 Å². The van der Waals surface area contributed by atoms with Crippen LogP contribution in [0.3, 0.4) is 0 Å². The summed E-state index contributed by atoms with van der Waals surface area (Å²) in [6.45, 7) is 1.69. The van der Waals surface area contributed by atoms with E-state index in [4.69, 9.17) is 0 Å². The van der Waals surface area contributed by atoms with Crippen molar-refractivity contribution in [2.75, 3.05) is 18.0 Å². The monoisotopic (exact) mass is 401 g/mol. The van der Waals surface area contributed by atoms with Gasteiger partial charge in [0.15, 0.2) is 0 Å². The Bertz CT molecular complexity index is 1260. The maximum absolute atomic E-state index is 13.4. The number of pyridine rings is 1. The van der Waals surface area contributed by atoms with Gasteiger partial charge in [-0.1, -0.05) is 0 Å². The van der Waals surface area contributed by atoms with Crippen molar-refractivity contribution in [3.05, 3.63) is 48.7 Å². The highest BCUT2D eigenvalue weighted by atomic mass is 16.2. The van der Waals surface area contributed by atoms with Crippen LogP contribution in [0.2, 0.25) is 0 Å². The van der Waals surface area contributed by atoms with Crippen molar-refractivity contribution < 1.29 is 4.79 Å². The normalized spacial score (nSPS) is 21.5. The van der Waals surface area contributed by atoms with E-state index in [2.05, 4.69) is 29.7 Å². The highest BCUT2D eigenvalue weighted by molar-refractivity contribution is 5.97. The second-order valence-corrected chi connectivity index (χ2v) is 8.26. The second-order valence-electron chi connectivity index (χ2n) is 8.26. The number of piperidine rings is 1. The first-order chi connectivity index (χ1) is 14.7. The lowest BCUT2D eigenvalue weighted by Gasteiger charge is -2.40. The van der Waals surface area contributed by atoms with E-state index in [1.165, 1.54) is 0 Å². The summed E-state index contributed by atoms with van der Waals surface area (Å²) in [5.74, 6) is 1.05. The maximum Gasteiger partial charge on any atom is 0.255 e. The molecule has 152 valence electrons. The Labute approximate surface area is 173 Å². The maximum atomic E-state index is 13.4. The number of rotatable bonds is 2. The van der Waals surface area contributed by atoms with Crippen LogP contribution in [0.15, 0.2) is 43.1 Å². The molecular formula is C22H23N7O. The molecule has 1 amide bonds. The summed E-state index contributed by atoms with van der Waals surface area (Å²) in [5, 5.41) is 2.04. The molecule has 0 unspecified atom stereocenters. The highest BCUT2D eigenvalue weighted by Gasteiger charge is 2.43. The summed E-state index contributed by atoms with van der Waals surface area (Å²) in [5.41, 5.74) is 2.42. The molecule has 30 heavy (non-hydrogen) atoms. The molecule has 0 aliphatic carbocycles. The van der Waals surface area contributed by atoms with E-state index in [-0.39, 0.29) is 18.0 Å².